The molecule has 0 aliphatic carbocycles. The van der Waals surface area contributed by atoms with Crippen LogP contribution < -0.4 is 5.32 Å². The maximum Gasteiger partial charge on any atom is 0.128 e. The third-order valence-electron chi connectivity index (χ3n) is 3.23. The Labute approximate surface area is 130 Å². The van der Waals surface area contributed by atoms with Crippen molar-refractivity contribution < 1.29 is 9.13 Å². The lowest BCUT2D eigenvalue weighted by Crippen LogP contribution is -2.35. The third kappa shape index (κ3) is 5.15. The van der Waals surface area contributed by atoms with Crippen molar-refractivity contribution in [3.05, 3.63) is 34.1 Å². The maximum atomic E-state index is 14.2. The number of halogens is 2. The van der Waals surface area contributed by atoms with Crippen LogP contribution >= 0.6 is 15.9 Å². The van der Waals surface area contributed by atoms with Crippen LogP contribution in [0.4, 0.5) is 4.39 Å². The molecule has 114 valence electrons. The van der Waals surface area contributed by atoms with Gasteiger partial charge in [0.1, 0.15) is 5.82 Å². The van der Waals surface area contributed by atoms with Gasteiger partial charge in [-0.25, -0.2) is 4.39 Å². The summed E-state index contributed by atoms with van der Waals surface area (Å²) in [5, 5.41) is 3.44. The van der Waals surface area contributed by atoms with Crippen LogP contribution in [0.2, 0.25) is 0 Å². The minimum Gasteiger partial charge on any atom is -0.377 e. The Morgan fingerprint density at radius 2 is 2.00 bits per heavy atom. The predicted octanol–water partition coefficient (Wildman–Crippen LogP) is 4.83. The number of ether oxygens (including phenoxy) is 1. The number of benzene rings is 1. The van der Waals surface area contributed by atoms with Crippen molar-refractivity contribution in [2.45, 2.75) is 52.2 Å². The topological polar surface area (TPSA) is 21.3 Å². The van der Waals surface area contributed by atoms with E-state index < -0.39 is 0 Å². The Hall–Kier alpha value is -0.450. The van der Waals surface area contributed by atoms with E-state index in [1.54, 1.807) is 6.07 Å². The first-order valence-electron chi connectivity index (χ1n) is 7.43. The van der Waals surface area contributed by atoms with Crippen LogP contribution in [0.25, 0.3) is 0 Å². The van der Waals surface area contributed by atoms with Gasteiger partial charge in [0.2, 0.25) is 0 Å². The van der Waals surface area contributed by atoms with Crippen LogP contribution in [0.5, 0.6) is 0 Å². The molecule has 0 fully saturated rings. The fraction of sp³-hybridized carbons (Fsp3) is 0.625. The standard InChI is InChI=1S/C16H25BrFNO/c1-4-7-15(20-6-3)16(19-10-5-2)13-11-12(17)8-9-14(13)18/h8-9,11,15-16,19H,4-7,10H2,1-3H3. The van der Waals surface area contributed by atoms with E-state index in [-0.39, 0.29) is 18.0 Å². The molecule has 0 aliphatic rings. The summed E-state index contributed by atoms with van der Waals surface area (Å²) in [6.07, 6.45) is 2.95. The molecule has 0 spiro atoms. The minimum atomic E-state index is -0.178. The molecule has 0 radical (unpaired) electrons. The van der Waals surface area contributed by atoms with Crippen molar-refractivity contribution in [2.24, 2.45) is 0 Å². The SMILES string of the molecule is CCCNC(c1cc(Br)ccc1F)C(CCC)OCC. The molecule has 2 nitrogen and oxygen atoms in total. The predicted molar refractivity (Wildman–Crippen MR) is 85.5 cm³/mol. The molecular weight excluding hydrogens is 321 g/mol. The smallest absolute Gasteiger partial charge is 0.128 e. The van der Waals surface area contributed by atoms with Gasteiger partial charge in [-0.3, -0.25) is 0 Å². The Balaban J connectivity index is 3.04. The van der Waals surface area contributed by atoms with Gasteiger partial charge in [0.25, 0.3) is 0 Å². The first kappa shape index (κ1) is 17.6. The number of hydrogen-bond donors (Lipinski definition) is 1. The Morgan fingerprint density at radius 1 is 1.25 bits per heavy atom. The molecule has 1 N–H and O–H groups in total. The van der Waals surface area contributed by atoms with E-state index in [9.17, 15) is 4.39 Å². The highest BCUT2D eigenvalue weighted by atomic mass is 79.9. The molecule has 1 aromatic carbocycles. The second-order valence-corrected chi connectivity index (χ2v) is 5.80. The number of nitrogens with one attached hydrogen (secondary N) is 1. The summed E-state index contributed by atoms with van der Waals surface area (Å²) in [6.45, 7) is 7.71. The zero-order valence-electron chi connectivity index (χ0n) is 12.6. The molecule has 1 aromatic rings. The molecule has 0 aliphatic heterocycles. The molecule has 0 saturated carbocycles. The van der Waals surface area contributed by atoms with Crippen molar-refractivity contribution in [1.29, 1.82) is 0 Å². The van der Waals surface area contributed by atoms with E-state index in [2.05, 4.69) is 35.1 Å². The van der Waals surface area contributed by atoms with Gasteiger partial charge in [0.05, 0.1) is 12.1 Å². The summed E-state index contributed by atoms with van der Waals surface area (Å²) in [5.41, 5.74) is 0.680. The highest BCUT2D eigenvalue weighted by Crippen LogP contribution is 2.27. The third-order valence-corrected chi connectivity index (χ3v) is 3.73. The molecule has 0 amide bonds. The summed E-state index contributed by atoms with van der Waals surface area (Å²) in [7, 11) is 0. The second-order valence-electron chi connectivity index (χ2n) is 4.88. The quantitative estimate of drug-likeness (QED) is 0.691. The monoisotopic (exact) mass is 345 g/mol. The van der Waals surface area contributed by atoms with Gasteiger partial charge in [-0.15, -0.1) is 0 Å². The minimum absolute atomic E-state index is 0.000324. The van der Waals surface area contributed by atoms with Gasteiger partial charge in [0, 0.05) is 16.6 Å². The van der Waals surface area contributed by atoms with Crippen molar-refractivity contribution in [1.82, 2.24) is 5.32 Å². The van der Waals surface area contributed by atoms with Crippen LogP contribution in [0, 0.1) is 5.82 Å². The van der Waals surface area contributed by atoms with Gasteiger partial charge in [-0.2, -0.15) is 0 Å². The lowest BCUT2D eigenvalue weighted by molar-refractivity contribution is 0.0267. The summed E-state index contributed by atoms with van der Waals surface area (Å²) < 4.78 is 20.9. The zero-order chi connectivity index (χ0) is 15.0. The fourth-order valence-electron chi connectivity index (χ4n) is 2.34. The van der Waals surface area contributed by atoms with Gasteiger partial charge < -0.3 is 10.1 Å². The second kappa shape index (κ2) is 9.48. The first-order valence-corrected chi connectivity index (χ1v) is 8.23. The van der Waals surface area contributed by atoms with Crippen molar-refractivity contribution in [3.8, 4) is 0 Å². The summed E-state index contributed by atoms with van der Waals surface area (Å²) in [6, 6.07) is 4.98. The van der Waals surface area contributed by atoms with E-state index in [4.69, 9.17) is 4.74 Å². The van der Waals surface area contributed by atoms with Gasteiger partial charge in [-0.05, 0) is 44.5 Å². The van der Waals surface area contributed by atoms with E-state index in [1.807, 2.05) is 13.0 Å². The van der Waals surface area contributed by atoms with E-state index in [0.717, 1.165) is 30.3 Å². The normalized spacial score (nSPS) is 14.2. The Bertz CT molecular complexity index is 394. The highest BCUT2D eigenvalue weighted by molar-refractivity contribution is 9.10. The summed E-state index contributed by atoms with van der Waals surface area (Å²) >= 11 is 3.42. The molecule has 4 heteroatoms. The molecule has 2 atom stereocenters. The zero-order valence-corrected chi connectivity index (χ0v) is 14.2. The lowest BCUT2D eigenvalue weighted by Gasteiger charge is -2.28. The highest BCUT2D eigenvalue weighted by Gasteiger charge is 2.25. The molecule has 0 heterocycles. The average Bonchev–Trinajstić information content (AvgIpc) is 2.43. The van der Waals surface area contributed by atoms with Gasteiger partial charge in [-0.1, -0.05) is 36.2 Å². The molecule has 1 rings (SSSR count). The molecule has 0 aromatic heterocycles. The van der Waals surface area contributed by atoms with Crippen LogP contribution in [-0.2, 0) is 4.74 Å². The summed E-state index contributed by atoms with van der Waals surface area (Å²) in [5.74, 6) is -0.178. The van der Waals surface area contributed by atoms with E-state index in [1.165, 1.54) is 6.07 Å². The molecule has 20 heavy (non-hydrogen) atoms. The molecule has 0 bridgehead atoms. The van der Waals surface area contributed by atoms with E-state index >= 15 is 0 Å². The largest absolute Gasteiger partial charge is 0.377 e. The van der Waals surface area contributed by atoms with Crippen LogP contribution in [0.15, 0.2) is 22.7 Å². The van der Waals surface area contributed by atoms with Crippen molar-refractivity contribution in [2.75, 3.05) is 13.2 Å². The Kier molecular flexibility index (Phi) is 8.34. The van der Waals surface area contributed by atoms with E-state index in [0.29, 0.717) is 12.2 Å². The molecule has 0 saturated heterocycles. The van der Waals surface area contributed by atoms with Gasteiger partial charge >= 0.3 is 0 Å². The van der Waals surface area contributed by atoms with Crippen LogP contribution in [0.1, 0.15) is 51.6 Å². The average molecular weight is 346 g/mol. The van der Waals surface area contributed by atoms with Crippen molar-refractivity contribution >= 4 is 15.9 Å². The maximum absolute atomic E-state index is 14.2. The Morgan fingerprint density at radius 3 is 2.60 bits per heavy atom. The lowest BCUT2D eigenvalue weighted by atomic mass is 9.97. The molecule has 2 unspecified atom stereocenters. The fourth-order valence-corrected chi connectivity index (χ4v) is 2.72. The van der Waals surface area contributed by atoms with Crippen LogP contribution in [-0.4, -0.2) is 19.3 Å². The first-order chi connectivity index (χ1) is 9.63. The van der Waals surface area contributed by atoms with Crippen LogP contribution in [0.3, 0.4) is 0 Å². The molecular formula is C16H25BrFNO. The van der Waals surface area contributed by atoms with Crippen molar-refractivity contribution in [3.63, 3.8) is 0 Å². The summed E-state index contributed by atoms with van der Waals surface area (Å²) in [4.78, 5) is 0. The van der Waals surface area contributed by atoms with Gasteiger partial charge in [0.15, 0.2) is 0 Å². The number of hydrogen-bond acceptors (Lipinski definition) is 2. The number of rotatable bonds is 9.